The second-order valence-corrected chi connectivity index (χ2v) is 2.80. The Morgan fingerprint density at radius 1 is 1.43 bits per heavy atom. The molecule has 0 heterocycles. The predicted molar refractivity (Wildman–Crippen MR) is 53.6 cm³/mol. The van der Waals surface area contributed by atoms with Gasteiger partial charge in [-0.15, -0.1) is 0 Å². The topological polar surface area (TPSA) is 64.2 Å². The van der Waals surface area contributed by atoms with Gasteiger partial charge in [0.25, 0.3) is 0 Å². The number of nitrogens with zero attached hydrogens (tertiary/aromatic N) is 1. The molecular weight excluding hydrogens is 178 g/mol. The summed E-state index contributed by atoms with van der Waals surface area (Å²) in [6.07, 6.45) is 3.97. The van der Waals surface area contributed by atoms with E-state index in [1.807, 2.05) is 6.07 Å². The first-order valence-electron chi connectivity index (χ1n) is 4.28. The van der Waals surface area contributed by atoms with Crippen LogP contribution < -0.4 is 0 Å². The molecule has 0 saturated carbocycles. The number of rotatable bonds is 3. The number of benzene rings is 1. The summed E-state index contributed by atoms with van der Waals surface area (Å²) >= 11 is 0. The fourth-order valence-corrected chi connectivity index (χ4v) is 1.04. The van der Waals surface area contributed by atoms with Crippen molar-refractivity contribution in [1.29, 1.82) is 5.26 Å². The number of nitriles is 1. The lowest BCUT2D eigenvalue weighted by molar-refractivity contribution is 0.303. The third kappa shape index (κ3) is 2.61. The Kier molecular flexibility index (Phi) is 3.71. The van der Waals surface area contributed by atoms with Crippen LogP contribution in [0.4, 0.5) is 0 Å². The van der Waals surface area contributed by atoms with Gasteiger partial charge in [0, 0.05) is 12.2 Å². The summed E-state index contributed by atoms with van der Waals surface area (Å²) in [5.74, 6) is 0.137. The molecule has 0 spiro atoms. The molecule has 14 heavy (non-hydrogen) atoms. The quantitative estimate of drug-likeness (QED) is 0.760. The smallest absolute Gasteiger partial charge is 0.122 e. The summed E-state index contributed by atoms with van der Waals surface area (Å²) in [7, 11) is 0. The van der Waals surface area contributed by atoms with Gasteiger partial charge in [0.1, 0.15) is 5.75 Å². The molecular formula is C11H11NO2. The van der Waals surface area contributed by atoms with Gasteiger partial charge in [-0.05, 0) is 24.6 Å². The van der Waals surface area contributed by atoms with E-state index in [1.54, 1.807) is 24.3 Å². The molecule has 0 amide bonds. The Morgan fingerprint density at radius 2 is 2.21 bits per heavy atom. The molecule has 72 valence electrons. The second-order valence-electron chi connectivity index (χ2n) is 2.80. The van der Waals surface area contributed by atoms with Gasteiger partial charge in [0.05, 0.1) is 11.6 Å². The average molecular weight is 189 g/mol. The van der Waals surface area contributed by atoms with Crippen molar-refractivity contribution in [2.75, 3.05) is 6.61 Å². The van der Waals surface area contributed by atoms with Crippen molar-refractivity contribution in [2.45, 2.75) is 6.42 Å². The fraction of sp³-hybridized carbons (Fsp3) is 0.182. The van der Waals surface area contributed by atoms with Crippen molar-refractivity contribution in [3.05, 3.63) is 35.4 Å². The van der Waals surface area contributed by atoms with Crippen LogP contribution in [0, 0.1) is 11.3 Å². The minimum Gasteiger partial charge on any atom is -0.507 e. The van der Waals surface area contributed by atoms with Crippen molar-refractivity contribution in [1.82, 2.24) is 0 Å². The van der Waals surface area contributed by atoms with Crippen molar-refractivity contribution >= 4 is 6.08 Å². The molecule has 0 unspecified atom stereocenters. The molecule has 0 aliphatic carbocycles. The van der Waals surface area contributed by atoms with Gasteiger partial charge in [-0.3, -0.25) is 0 Å². The third-order valence-corrected chi connectivity index (χ3v) is 1.75. The molecule has 1 aromatic rings. The van der Waals surface area contributed by atoms with Crippen LogP contribution in [0.1, 0.15) is 17.5 Å². The minimum atomic E-state index is 0.0786. The standard InChI is InChI=1S/C11H11NO2/c12-8-9-4-5-11(14)10(7-9)3-1-2-6-13/h1,3-5,7,13-14H,2,6H2. The highest BCUT2D eigenvalue weighted by Crippen LogP contribution is 2.19. The maximum absolute atomic E-state index is 9.41. The molecule has 0 atom stereocenters. The molecule has 3 heteroatoms. The molecule has 0 aliphatic heterocycles. The highest BCUT2D eigenvalue weighted by Gasteiger charge is 1.98. The monoisotopic (exact) mass is 189 g/mol. The maximum atomic E-state index is 9.41. The molecule has 3 nitrogen and oxygen atoms in total. The first-order chi connectivity index (χ1) is 6.77. The molecule has 1 aromatic carbocycles. The summed E-state index contributed by atoms with van der Waals surface area (Å²) < 4.78 is 0. The highest BCUT2D eigenvalue weighted by atomic mass is 16.3. The largest absolute Gasteiger partial charge is 0.507 e. The Hall–Kier alpha value is -1.79. The summed E-state index contributed by atoms with van der Waals surface area (Å²) in [6, 6.07) is 6.63. The molecule has 0 fully saturated rings. The van der Waals surface area contributed by atoms with Gasteiger partial charge in [-0.1, -0.05) is 12.2 Å². The van der Waals surface area contributed by atoms with Gasteiger partial charge < -0.3 is 10.2 Å². The lowest BCUT2D eigenvalue weighted by Crippen LogP contribution is -1.80. The number of hydrogen-bond acceptors (Lipinski definition) is 3. The Morgan fingerprint density at radius 3 is 2.86 bits per heavy atom. The number of hydrogen-bond donors (Lipinski definition) is 2. The zero-order chi connectivity index (χ0) is 10.4. The first-order valence-corrected chi connectivity index (χ1v) is 4.28. The number of phenolic OH excluding ortho intramolecular Hbond substituents is 1. The van der Waals surface area contributed by atoms with Gasteiger partial charge in [0.15, 0.2) is 0 Å². The third-order valence-electron chi connectivity index (χ3n) is 1.75. The van der Waals surface area contributed by atoms with E-state index in [9.17, 15) is 5.11 Å². The number of aliphatic hydroxyl groups excluding tert-OH is 1. The van der Waals surface area contributed by atoms with Crippen LogP contribution in [0.5, 0.6) is 5.75 Å². The highest BCUT2D eigenvalue weighted by molar-refractivity contribution is 5.59. The zero-order valence-electron chi connectivity index (χ0n) is 7.64. The van der Waals surface area contributed by atoms with Crippen LogP contribution in [0.25, 0.3) is 6.08 Å². The lowest BCUT2D eigenvalue weighted by Gasteiger charge is -1.98. The van der Waals surface area contributed by atoms with Crippen LogP contribution in [-0.2, 0) is 0 Å². The van der Waals surface area contributed by atoms with E-state index in [4.69, 9.17) is 10.4 Å². The normalized spacial score (nSPS) is 10.3. The molecule has 2 N–H and O–H groups in total. The SMILES string of the molecule is N#Cc1ccc(O)c(C=CCCO)c1. The van der Waals surface area contributed by atoms with Crippen molar-refractivity contribution in [2.24, 2.45) is 0 Å². The molecule has 0 radical (unpaired) electrons. The summed E-state index contributed by atoms with van der Waals surface area (Å²) in [5, 5.41) is 26.6. The Bertz CT molecular complexity index is 377. The van der Waals surface area contributed by atoms with E-state index in [1.165, 1.54) is 6.07 Å². The summed E-state index contributed by atoms with van der Waals surface area (Å²) in [4.78, 5) is 0. The van der Waals surface area contributed by atoms with Crippen LogP contribution in [0.2, 0.25) is 0 Å². The van der Waals surface area contributed by atoms with E-state index in [2.05, 4.69) is 0 Å². The molecule has 0 aliphatic rings. The fourth-order valence-electron chi connectivity index (χ4n) is 1.04. The Labute approximate surface area is 82.5 Å². The summed E-state index contributed by atoms with van der Waals surface area (Å²) in [5.41, 5.74) is 1.10. The zero-order valence-corrected chi connectivity index (χ0v) is 7.64. The van der Waals surface area contributed by atoms with Crippen LogP contribution in [-0.4, -0.2) is 16.8 Å². The van der Waals surface area contributed by atoms with Crippen molar-refractivity contribution in [3.63, 3.8) is 0 Å². The average Bonchev–Trinajstić information content (AvgIpc) is 2.21. The van der Waals surface area contributed by atoms with E-state index in [-0.39, 0.29) is 12.4 Å². The van der Waals surface area contributed by atoms with Gasteiger partial charge >= 0.3 is 0 Å². The maximum Gasteiger partial charge on any atom is 0.122 e. The number of aromatic hydroxyl groups is 1. The van der Waals surface area contributed by atoms with Gasteiger partial charge in [-0.25, -0.2) is 0 Å². The molecule has 0 saturated heterocycles. The van der Waals surface area contributed by atoms with Gasteiger partial charge in [0.2, 0.25) is 0 Å². The van der Waals surface area contributed by atoms with E-state index in [0.29, 0.717) is 17.5 Å². The Balaban J connectivity index is 2.90. The number of phenols is 1. The van der Waals surface area contributed by atoms with Crippen LogP contribution >= 0.6 is 0 Å². The van der Waals surface area contributed by atoms with E-state index < -0.39 is 0 Å². The second kappa shape index (κ2) is 5.05. The lowest BCUT2D eigenvalue weighted by atomic mass is 10.1. The number of aliphatic hydroxyl groups is 1. The van der Waals surface area contributed by atoms with E-state index >= 15 is 0 Å². The van der Waals surface area contributed by atoms with Gasteiger partial charge in [-0.2, -0.15) is 5.26 Å². The van der Waals surface area contributed by atoms with Crippen molar-refractivity contribution in [3.8, 4) is 11.8 Å². The van der Waals surface area contributed by atoms with Crippen molar-refractivity contribution < 1.29 is 10.2 Å². The van der Waals surface area contributed by atoms with Crippen LogP contribution in [0.15, 0.2) is 24.3 Å². The molecule has 0 bridgehead atoms. The minimum absolute atomic E-state index is 0.0786. The summed E-state index contributed by atoms with van der Waals surface area (Å²) in [6.45, 7) is 0.0786. The van der Waals surface area contributed by atoms with Crippen LogP contribution in [0.3, 0.4) is 0 Å². The predicted octanol–water partition coefficient (Wildman–Crippen LogP) is 1.66. The van der Waals surface area contributed by atoms with E-state index in [0.717, 1.165) is 0 Å². The molecule has 0 aromatic heterocycles. The first kappa shape index (κ1) is 10.3. The molecule has 1 rings (SSSR count).